The number of imidazole rings is 1. The molecule has 160 valence electrons. The monoisotopic (exact) mass is 420 g/mol. The fourth-order valence-corrected chi connectivity index (χ4v) is 4.13. The molecule has 3 heterocycles. The summed E-state index contributed by atoms with van der Waals surface area (Å²) in [5.74, 6) is 0.330. The highest BCUT2D eigenvalue weighted by Gasteiger charge is 2.52. The maximum Gasteiger partial charge on any atom is 0.411 e. The van der Waals surface area contributed by atoms with Crippen LogP contribution in [0.2, 0.25) is 0 Å². The third-order valence-corrected chi connectivity index (χ3v) is 5.84. The molecule has 5 nitrogen and oxygen atoms in total. The van der Waals surface area contributed by atoms with Gasteiger partial charge in [0.15, 0.2) is 17.5 Å². The third-order valence-electron chi connectivity index (χ3n) is 5.84. The smallest absolute Gasteiger partial charge is 0.411 e. The van der Waals surface area contributed by atoms with Crippen molar-refractivity contribution in [3.05, 3.63) is 65.1 Å². The number of benzene rings is 1. The Morgan fingerprint density at radius 2 is 1.90 bits per heavy atom. The van der Waals surface area contributed by atoms with Gasteiger partial charge in [-0.1, -0.05) is 37.3 Å². The maximum atomic E-state index is 13.1. The van der Waals surface area contributed by atoms with Crippen molar-refractivity contribution in [2.75, 3.05) is 6.61 Å². The number of fused-ring (bicyclic) bond motifs is 3. The second kappa shape index (κ2) is 7.28. The van der Waals surface area contributed by atoms with Gasteiger partial charge >= 0.3 is 6.18 Å². The predicted molar refractivity (Wildman–Crippen MR) is 104 cm³/mol. The number of nitrogens with zero attached hydrogens (tertiary/aromatic N) is 2. The number of pyridine rings is 1. The number of hydrogen-bond acceptors (Lipinski definition) is 4. The standard InChI is InChI=1S/C22H23F3N2O3/c1-4-21(29-12-22(23,24)25)16-10-11-27-14(3)13(2)26-20(27)18(16)30-17(19(21)28)15-8-6-5-7-9-15/h5-11,17,19,28H,4,12H2,1-3H3/t17-,19?,21?/m1/s1. The molecule has 2 unspecified atom stereocenters. The van der Waals surface area contributed by atoms with E-state index in [0.29, 0.717) is 22.5 Å². The van der Waals surface area contributed by atoms with Crippen LogP contribution in [0, 0.1) is 13.8 Å². The van der Waals surface area contributed by atoms with E-state index in [2.05, 4.69) is 4.98 Å². The number of aromatic nitrogens is 2. The molecule has 0 fully saturated rings. The van der Waals surface area contributed by atoms with Gasteiger partial charge in [-0.2, -0.15) is 13.2 Å². The van der Waals surface area contributed by atoms with E-state index < -0.39 is 30.6 Å². The third kappa shape index (κ3) is 3.24. The summed E-state index contributed by atoms with van der Waals surface area (Å²) in [5, 5.41) is 11.3. The minimum atomic E-state index is -4.53. The molecule has 1 N–H and O–H groups in total. The number of hydrogen-bond donors (Lipinski definition) is 1. The summed E-state index contributed by atoms with van der Waals surface area (Å²) in [5.41, 5.74) is 1.59. The molecule has 1 aliphatic heterocycles. The van der Waals surface area contributed by atoms with E-state index >= 15 is 0 Å². The number of aliphatic hydroxyl groups excluding tert-OH is 1. The average Bonchev–Trinajstić information content (AvgIpc) is 3.01. The van der Waals surface area contributed by atoms with E-state index in [1.807, 2.05) is 24.3 Å². The predicted octanol–water partition coefficient (Wildman–Crippen LogP) is 4.63. The SMILES string of the molecule is CCC1(OCC(F)(F)F)c2ccn3c(C)c(C)nc3c2O[C@H](c2ccccc2)C1O. The highest BCUT2D eigenvalue weighted by Crippen LogP contribution is 2.50. The van der Waals surface area contributed by atoms with E-state index in [0.717, 1.165) is 11.4 Å². The fraction of sp³-hybridized carbons (Fsp3) is 0.409. The first-order valence-corrected chi connectivity index (χ1v) is 9.77. The lowest BCUT2D eigenvalue weighted by molar-refractivity contribution is -0.244. The number of aryl methyl sites for hydroxylation is 2. The molecule has 0 bridgehead atoms. The molecule has 4 rings (SSSR count). The summed E-state index contributed by atoms with van der Waals surface area (Å²) >= 11 is 0. The van der Waals surface area contributed by atoms with Gasteiger partial charge in [-0.3, -0.25) is 0 Å². The largest absolute Gasteiger partial charge is 0.479 e. The van der Waals surface area contributed by atoms with E-state index in [9.17, 15) is 18.3 Å². The van der Waals surface area contributed by atoms with Gasteiger partial charge in [0, 0.05) is 17.5 Å². The molecule has 0 saturated heterocycles. The summed E-state index contributed by atoms with van der Waals surface area (Å²) in [6.07, 6.45) is -4.94. The molecule has 0 aliphatic carbocycles. The number of rotatable bonds is 4. The van der Waals surface area contributed by atoms with Gasteiger partial charge in [-0.15, -0.1) is 0 Å². The Balaban J connectivity index is 1.94. The van der Waals surface area contributed by atoms with Gasteiger partial charge in [-0.05, 0) is 31.9 Å². The minimum absolute atomic E-state index is 0.124. The summed E-state index contributed by atoms with van der Waals surface area (Å²) < 4.78 is 52.8. The summed E-state index contributed by atoms with van der Waals surface area (Å²) in [4.78, 5) is 4.57. The van der Waals surface area contributed by atoms with Gasteiger partial charge in [0.2, 0.25) is 0 Å². The first kappa shape index (κ1) is 20.7. The molecule has 30 heavy (non-hydrogen) atoms. The van der Waals surface area contributed by atoms with Crippen molar-refractivity contribution in [1.29, 1.82) is 0 Å². The number of aliphatic hydroxyl groups is 1. The number of halogens is 3. The topological polar surface area (TPSA) is 56.0 Å². The lowest BCUT2D eigenvalue weighted by atomic mass is 9.79. The summed E-state index contributed by atoms with van der Waals surface area (Å²) in [6, 6.07) is 10.6. The van der Waals surface area contributed by atoms with Crippen molar-refractivity contribution < 1.29 is 27.8 Å². The van der Waals surface area contributed by atoms with Crippen LogP contribution in [0.25, 0.3) is 5.65 Å². The van der Waals surface area contributed by atoms with Crippen molar-refractivity contribution in [3.8, 4) is 5.75 Å². The molecule has 8 heteroatoms. The van der Waals surface area contributed by atoms with E-state index in [1.165, 1.54) is 0 Å². The fourth-order valence-electron chi connectivity index (χ4n) is 4.13. The van der Waals surface area contributed by atoms with Crippen molar-refractivity contribution in [1.82, 2.24) is 9.38 Å². The van der Waals surface area contributed by atoms with Gasteiger partial charge in [0.25, 0.3) is 0 Å². The molecule has 0 radical (unpaired) electrons. The Bertz CT molecular complexity index is 1060. The van der Waals surface area contributed by atoms with Crippen molar-refractivity contribution >= 4 is 5.65 Å². The van der Waals surface area contributed by atoms with Crippen molar-refractivity contribution in [2.45, 2.75) is 51.2 Å². The number of alkyl halides is 3. The molecule has 0 spiro atoms. The lowest BCUT2D eigenvalue weighted by Gasteiger charge is -2.45. The molecule has 2 aromatic heterocycles. The summed E-state index contributed by atoms with van der Waals surface area (Å²) in [7, 11) is 0. The van der Waals surface area contributed by atoms with Crippen LogP contribution < -0.4 is 4.74 Å². The van der Waals surface area contributed by atoms with Crippen LogP contribution in [0.15, 0.2) is 42.6 Å². The van der Waals surface area contributed by atoms with Crippen LogP contribution in [0.5, 0.6) is 5.75 Å². The van der Waals surface area contributed by atoms with E-state index in [4.69, 9.17) is 9.47 Å². The number of ether oxygens (including phenoxy) is 2. The molecular formula is C22H23F3N2O3. The van der Waals surface area contributed by atoms with Crippen molar-refractivity contribution in [2.24, 2.45) is 0 Å². The van der Waals surface area contributed by atoms with Crippen LogP contribution in [-0.2, 0) is 10.3 Å². The quantitative estimate of drug-likeness (QED) is 0.669. The van der Waals surface area contributed by atoms with Crippen molar-refractivity contribution in [3.63, 3.8) is 0 Å². The van der Waals surface area contributed by atoms with Gasteiger partial charge in [0.05, 0.1) is 5.69 Å². The maximum absolute atomic E-state index is 13.1. The van der Waals surface area contributed by atoms with Gasteiger partial charge < -0.3 is 19.0 Å². The van der Waals surface area contributed by atoms with Crippen LogP contribution in [0.1, 0.15) is 42.0 Å². The molecular weight excluding hydrogens is 397 g/mol. The molecule has 1 aliphatic rings. The zero-order valence-electron chi connectivity index (χ0n) is 16.9. The Labute approximate surface area is 172 Å². The normalized spacial score (nSPS) is 24.0. The Morgan fingerprint density at radius 1 is 1.20 bits per heavy atom. The van der Waals surface area contributed by atoms with Crippen LogP contribution in [-0.4, -0.2) is 33.4 Å². The Hall–Kier alpha value is -2.58. The van der Waals surface area contributed by atoms with Crippen LogP contribution in [0.3, 0.4) is 0 Å². The van der Waals surface area contributed by atoms with E-state index in [1.54, 1.807) is 43.5 Å². The second-order valence-corrected chi connectivity index (χ2v) is 7.58. The molecule has 0 saturated carbocycles. The van der Waals surface area contributed by atoms with Gasteiger partial charge in [0.1, 0.15) is 18.3 Å². The van der Waals surface area contributed by atoms with Crippen LogP contribution in [0.4, 0.5) is 13.2 Å². The lowest BCUT2D eigenvalue weighted by Crippen LogP contribution is -2.51. The summed E-state index contributed by atoms with van der Waals surface area (Å²) in [6.45, 7) is 3.98. The zero-order chi connectivity index (χ0) is 21.7. The average molecular weight is 420 g/mol. The zero-order valence-corrected chi connectivity index (χ0v) is 16.9. The minimum Gasteiger partial charge on any atom is -0.479 e. The Morgan fingerprint density at radius 3 is 2.53 bits per heavy atom. The molecule has 0 amide bonds. The first-order valence-electron chi connectivity index (χ1n) is 9.77. The Kier molecular flexibility index (Phi) is 5.02. The molecule has 3 aromatic rings. The van der Waals surface area contributed by atoms with Crippen LogP contribution >= 0.6 is 0 Å². The van der Waals surface area contributed by atoms with Gasteiger partial charge in [-0.25, -0.2) is 4.98 Å². The first-order chi connectivity index (χ1) is 14.2. The molecule has 1 aromatic carbocycles. The second-order valence-electron chi connectivity index (χ2n) is 7.58. The highest BCUT2D eigenvalue weighted by atomic mass is 19.4. The molecule has 3 atom stereocenters. The van der Waals surface area contributed by atoms with E-state index in [-0.39, 0.29) is 6.42 Å². The highest BCUT2D eigenvalue weighted by molar-refractivity contribution is 5.63.